The molecule has 0 aromatic rings. The molecule has 1 fully saturated rings. The minimum absolute atomic E-state index is 0.769. The standard InChI is InChI=1S/C9H17NO8/c10-5-3(12)1-9(17,8(15)16)18-7(6(5)14)4(13)2-11/h3-7,11-14,17H,1-2,10H2,(H,15,16)/t3-,4+,5+,6+,7+,9+/m0/s1. The molecule has 0 saturated carbocycles. The highest BCUT2D eigenvalue weighted by Gasteiger charge is 2.51. The first kappa shape index (κ1) is 15.2. The van der Waals surface area contributed by atoms with Gasteiger partial charge in [0.1, 0.15) is 18.3 Å². The first-order valence-electron chi connectivity index (χ1n) is 5.27. The molecule has 1 aliphatic heterocycles. The van der Waals surface area contributed by atoms with Gasteiger partial charge in [0.05, 0.1) is 18.8 Å². The average Bonchev–Trinajstić information content (AvgIpc) is 2.40. The Balaban J connectivity index is 3.06. The van der Waals surface area contributed by atoms with Gasteiger partial charge in [-0.05, 0) is 0 Å². The van der Waals surface area contributed by atoms with Crippen molar-refractivity contribution in [1.82, 2.24) is 0 Å². The quantitative estimate of drug-likeness (QED) is 0.268. The number of aliphatic carboxylic acids is 1. The zero-order valence-corrected chi connectivity index (χ0v) is 9.38. The minimum Gasteiger partial charge on any atom is -0.477 e. The maximum Gasteiger partial charge on any atom is 0.364 e. The van der Waals surface area contributed by atoms with Crippen LogP contribution in [0, 0.1) is 0 Å². The van der Waals surface area contributed by atoms with Crippen molar-refractivity contribution in [2.75, 3.05) is 6.61 Å². The van der Waals surface area contributed by atoms with E-state index in [1.807, 2.05) is 0 Å². The van der Waals surface area contributed by atoms with Crippen molar-refractivity contribution in [2.24, 2.45) is 5.73 Å². The Morgan fingerprint density at radius 1 is 1.50 bits per heavy atom. The minimum atomic E-state index is -2.80. The first-order chi connectivity index (χ1) is 8.23. The van der Waals surface area contributed by atoms with Crippen molar-refractivity contribution in [1.29, 1.82) is 0 Å². The summed E-state index contributed by atoms with van der Waals surface area (Å²) in [6, 6.07) is -1.33. The van der Waals surface area contributed by atoms with Crippen LogP contribution in [0.1, 0.15) is 6.42 Å². The van der Waals surface area contributed by atoms with Crippen molar-refractivity contribution >= 4 is 5.97 Å². The second-order valence-electron chi connectivity index (χ2n) is 4.26. The van der Waals surface area contributed by atoms with Crippen molar-refractivity contribution in [2.45, 2.75) is 42.7 Å². The molecular weight excluding hydrogens is 250 g/mol. The lowest BCUT2D eigenvalue weighted by atomic mass is 9.96. The van der Waals surface area contributed by atoms with E-state index in [2.05, 4.69) is 0 Å². The molecular formula is C9H17NO8. The third-order valence-corrected chi connectivity index (χ3v) is 2.89. The SMILES string of the molecule is N[C@H]1[C@@H](O)[C@@H]([C@H](O)CO)O[C@@](O)(C(=O)O)C[C@@H]1O. The average molecular weight is 267 g/mol. The topological polar surface area (TPSA) is 174 Å². The third kappa shape index (κ3) is 2.78. The highest BCUT2D eigenvalue weighted by atomic mass is 16.7. The summed E-state index contributed by atoms with van der Waals surface area (Å²) in [5.74, 6) is -4.59. The van der Waals surface area contributed by atoms with Crippen molar-refractivity contribution in [3.05, 3.63) is 0 Å². The van der Waals surface area contributed by atoms with E-state index in [1.165, 1.54) is 0 Å². The molecule has 0 unspecified atom stereocenters. The molecule has 0 aliphatic carbocycles. The van der Waals surface area contributed by atoms with Crippen LogP contribution in [0.5, 0.6) is 0 Å². The number of hydrogen-bond acceptors (Lipinski definition) is 8. The molecule has 1 heterocycles. The Bertz CT molecular complexity index is 313. The molecule has 0 aromatic carbocycles. The van der Waals surface area contributed by atoms with Gasteiger partial charge < -0.3 is 41.1 Å². The molecule has 1 rings (SSSR count). The summed E-state index contributed by atoms with van der Waals surface area (Å²) in [5, 5.41) is 56.0. The zero-order valence-electron chi connectivity index (χ0n) is 9.38. The van der Waals surface area contributed by atoms with Crippen LogP contribution < -0.4 is 5.73 Å². The molecule has 6 atom stereocenters. The van der Waals surface area contributed by atoms with Crippen LogP contribution in [-0.2, 0) is 9.53 Å². The lowest BCUT2D eigenvalue weighted by Crippen LogP contribution is -2.53. The number of carboxylic acids is 1. The molecule has 0 bridgehead atoms. The van der Waals surface area contributed by atoms with E-state index in [-0.39, 0.29) is 0 Å². The van der Waals surface area contributed by atoms with E-state index in [0.29, 0.717) is 0 Å². The van der Waals surface area contributed by atoms with Gasteiger partial charge in [0.2, 0.25) is 0 Å². The fraction of sp³-hybridized carbons (Fsp3) is 0.889. The Morgan fingerprint density at radius 2 is 2.06 bits per heavy atom. The van der Waals surface area contributed by atoms with Crippen molar-refractivity contribution in [3.63, 3.8) is 0 Å². The number of ether oxygens (including phenoxy) is 1. The molecule has 9 nitrogen and oxygen atoms in total. The Hall–Kier alpha value is -0.810. The van der Waals surface area contributed by atoms with E-state index in [1.54, 1.807) is 0 Å². The fourth-order valence-corrected chi connectivity index (χ4v) is 1.76. The molecule has 0 spiro atoms. The number of nitrogens with two attached hydrogens (primary N) is 1. The van der Waals surface area contributed by atoms with E-state index in [4.69, 9.17) is 20.7 Å². The molecule has 1 aliphatic rings. The second kappa shape index (κ2) is 5.45. The third-order valence-electron chi connectivity index (χ3n) is 2.89. The summed E-state index contributed by atoms with van der Waals surface area (Å²) in [6.07, 6.45) is -7.24. The highest BCUT2D eigenvalue weighted by Crippen LogP contribution is 2.27. The number of rotatable bonds is 3. The van der Waals surface area contributed by atoms with Gasteiger partial charge in [-0.1, -0.05) is 0 Å². The van der Waals surface area contributed by atoms with E-state index >= 15 is 0 Å². The maximum atomic E-state index is 10.9. The predicted octanol–water partition coefficient (Wildman–Crippen LogP) is -4.05. The van der Waals surface area contributed by atoms with Gasteiger partial charge in [-0.25, -0.2) is 4.79 Å². The van der Waals surface area contributed by atoms with Crippen LogP contribution in [0.2, 0.25) is 0 Å². The lowest BCUT2D eigenvalue weighted by Gasteiger charge is -2.30. The summed E-state index contributed by atoms with van der Waals surface area (Å²) in [7, 11) is 0. The van der Waals surface area contributed by atoms with Gasteiger partial charge >= 0.3 is 5.97 Å². The van der Waals surface area contributed by atoms with Crippen LogP contribution in [0.25, 0.3) is 0 Å². The van der Waals surface area contributed by atoms with E-state index in [9.17, 15) is 25.2 Å². The first-order valence-corrected chi connectivity index (χ1v) is 5.27. The largest absolute Gasteiger partial charge is 0.477 e. The second-order valence-corrected chi connectivity index (χ2v) is 4.26. The monoisotopic (exact) mass is 267 g/mol. The van der Waals surface area contributed by atoms with Gasteiger partial charge in [0, 0.05) is 6.42 Å². The number of carbonyl (C=O) groups is 1. The van der Waals surface area contributed by atoms with E-state index < -0.39 is 55.2 Å². The number of aliphatic hydroxyl groups excluding tert-OH is 4. The molecule has 0 aromatic heterocycles. The molecule has 18 heavy (non-hydrogen) atoms. The van der Waals surface area contributed by atoms with Gasteiger partial charge in [-0.2, -0.15) is 0 Å². The van der Waals surface area contributed by atoms with E-state index in [0.717, 1.165) is 0 Å². The predicted molar refractivity (Wildman–Crippen MR) is 55.2 cm³/mol. The zero-order chi connectivity index (χ0) is 14.1. The van der Waals surface area contributed by atoms with Crippen LogP contribution in [0.15, 0.2) is 0 Å². The Morgan fingerprint density at radius 3 is 2.50 bits per heavy atom. The lowest BCUT2D eigenvalue weighted by molar-refractivity contribution is -0.263. The van der Waals surface area contributed by atoms with Gasteiger partial charge in [0.15, 0.2) is 0 Å². The summed E-state index contributed by atoms with van der Waals surface area (Å²) in [4.78, 5) is 10.9. The Kier molecular flexibility index (Phi) is 4.61. The van der Waals surface area contributed by atoms with Crippen LogP contribution in [0.4, 0.5) is 0 Å². The van der Waals surface area contributed by atoms with Gasteiger partial charge in [-0.3, -0.25) is 0 Å². The maximum absolute atomic E-state index is 10.9. The number of hydrogen-bond donors (Lipinski definition) is 7. The smallest absolute Gasteiger partial charge is 0.364 e. The number of aliphatic hydroxyl groups is 5. The summed E-state index contributed by atoms with van der Waals surface area (Å²) >= 11 is 0. The van der Waals surface area contributed by atoms with Crippen LogP contribution in [-0.4, -0.2) is 79.5 Å². The van der Waals surface area contributed by atoms with Crippen LogP contribution >= 0.6 is 0 Å². The molecule has 8 N–H and O–H groups in total. The fourth-order valence-electron chi connectivity index (χ4n) is 1.76. The van der Waals surface area contributed by atoms with Gasteiger partial charge in [0.25, 0.3) is 5.79 Å². The summed E-state index contributed by atoms with van der Waals surface area (Å²) in [6.45, 7) is -0.833. The Labute approximate surface area is 102 Å². The molecule has 1 saturated heterocycles. The van der Waals surface area contributed by atoms with Crippen molar-refractivity contribution < 1.29 is 40.2 Å². The highest BCUT2D eigenvalue weighted by molar-refractivity contribution is 5.75. The molecule has 106 valence electrons. The summed E-state index contributed by atoms with van der Waals surface area (Å²) < 4.78 is 4.72. The van der Waals surface area contributed by atoms with Crippen LogP contribution in [0.3, 0.4) is 0 Å². The molecule has 0 amide bonds. The number of carboxylic acid groups (broad SMARTS) is 1. The van der Waals surface area contributed by atoms with Gasteiger partial charge in [-0.15, -0.1) is 0 Å². The molecule has 9 heteroatoms. The van der Waals surface area contributed by atoms with Crippen molar-refractivity contribution in [3.8, 4) is 0 Å². The molecule has 0 radical (unpaired) electrons. The normalized spacial score (nSPS) is 43.2. The summed E-state index contributed by atoms with van der Waals surface area (Å²) in [5.41, 5.74) is 5.45.